The topological polar surface area (TPSA) is 85.3 Å². The first-order valence-electron chi connectivity index (χ1n) is 34.9. The van der Waals surface area contributed by atoms with Crippen LogP contribution in [0.5, 0.6) is 0 Å². The van der Waals surface area contributed by atoms with Crippen molar-refractivity contribution in [2.24, 2.45) is 0 Å². The van der Waals surface area contributed by atoms with E-state index >= 15 is 0 Å². The number of rotatable bonds is 32. The Bertz CT molecular complexity index is 4590. The van der Waals surface area contributed by atoms with E-state index in [0.717, 1.165) is 87.7 Å². The predicted octanol–water partition coefficient (Wildman–Crippen LogP) is 19.9. The van der Waals surface area contributed by atoms with Crippen LogP contribution in [0.25, 0.3) is 71.6 Å². The van der Waals surface area contributed by atoms with Crippen molar-refractivity contribution >= 4 is 66.7 Å². The Balaban J connectivity index is 0.878. The number of nitrogens with zero attached hydrogens (tertiary/aromatic N) is 3. The molecule has 0 N–H and O–H groups in total. The lowest BCUT2D eigenvalue weighted by atomic mass is 9.72. The third kappa shape index (κ3) is 13.3. The fourth-order valence-corrected chi connectivity index (χ4v) is 15.6. The van der Waals surface area contributed by atoms with Crippen molar-refractivity contribution in [3.63, 3.8) is 0 Å². The first-order valence-corrected chi connectivity index (χ1v) is 34.9. The maximum absolute atomic E-state index is 6.40. The number of methoxy groups -OCH3 is 4. The summed E-state index contributed by atoms with van der Waals surface area (Å²) in [6, 6.07) is 88.0. The molecule has 2 aliphatic rings. The number of para-hydroxylation sites is 2. The van der Waals surface area contributed by atoms with E-state index < -0.39 is 10.8 Å². The zero-order valence-electron chi connectivity index (χ0n) is 57.9. The highest BCUT2D eigenvalue weighted by Crippen LogP contribution is 2.57. The first-order chi connectivity index (χ1) is 48.7. The Hall–Kier alpha value is -9.24. The van der Waals surface area contributed by atoms with Crippen molar-refractivity contribution in [3.8, 4) is 39.1 Å². The summed E-state index contributed by atoms with van der Waals surface area (Å²) in [7, 11) is 6.90. The van der Waals surface area contributed by atoms with Gasteiger partial charge >= 0.3 is 0 Å². The summed E-state index contributed by atoms with van der Waals surface area (Å²) in [5, 5.41) is 4.79. The van der Waals surface area contributed by atoms with Crippen LogP contribution in [-0.4, -0.2) is 112 Å². The predicted molar refractivity (Wildman–Crippen MR) is 404 cm³/mol. The van der Waals surface area contributed by atoms with Gasteiger partial charge in [0.25, 0.3) is 0 Å². The molecular weight excluding hydrogens is 1230 g/mol. The second kappa shape index (κ2) is 30.5. The molecule has 11 aromatic carbocycles. The monoisotopic (exact) mass is 1320 g/mol. The van der Waals surface area contributed by atoms with Gasteiger partial charge in [-0.05, 0) is 198 Å². The summed E-state index contributed by atoms with van der Waals surface area (Å²) < 4.78 is 49.9. The number of hydrogen-bond acceptors (Lipinski definition) is 10. The average molecular weight is 1320 g/mol. The molecule has 0 atom stereocenters. The number of benzene rings is 11. The lowest BCUT2D eigenvalue weighted by molar-refractivity contribution is 0.0490. The molecule has 0 radical (unpaired) electrons. The smallest absolute Gasteiger partial charge is 0.0700 e. The Morgan fingerprint density at radius 3 is 1.25 bits per heavy atom. The lowest BCUT2D eigenvalue weighted by Gasteiger charge is -2.35. The van der Waals surface area contributed by atoms with E-state index in [1.165, 1.54) is 77.2 Å². The van der Waals surface area contributed by atoms with Gasteiger partial charge in [-0.25, -0.2) is 0 Å². The van der Waals surface area contributed by atoms with Gasteiger partial charge in [-0.3, -0.25) is 0 Å². The summed E-state index contributed by atoms with van der Waals surface area (Å²) in [5.41, 5.74) is 23.9. The van der Waals surface area contributed by atoms with Crippen LogP contribution in [0.2, 0.25) is 0 Å². The van der Waals surface area contributed by atoms with Gasteiger partial charge in [-0.15, -0.1) is 0 Å². The molecule has 11 nitrogen and oxygen atoms in total. The standard InChI is InChI=1S/C88H89N3O8/c1-62-23-36-74-76-38-34-71(60-82(76)87(80(74)57-62,41-45-96-53-49-92-3)42-46-97-54-50-93-4)89(72-35-39-77-75-37-24-63(2)58-81(75)88(83(77)61-72,43-47-98-55-51-94-5)44-48-99-56-52-95-6)68-28-25-64(26-29-68)66-27-40-86-79(59-66)78-20-12-13-21-85(78)91(86)70-32-30-69(31-33-70)90(67-17-8-7-9-18-67)84-22-14-16-65-15-10-11-19-73(65)84/h7-40,57-61H,41-56H2,1-6H3. The SMILES string of the molecule is COCCOCCC1(CCOCCOC)c2cc(C)ccc2-c2ccc(N(c3ccc(-c4ccc5c(c4)c4ccccc4n5-c4ccc(N(c5ccccc5)c5cccc6ccccc56)cc4)cc3)c3ccc4c(c3)C(CCOCCOC)(CCOCCOC)c3cc(C)ccc3-4)cc21. The van der Waals surface area contributed by atoms with Gasteiger partial charge < -0.3 is 52.3 Å². The molecule has 99 heavy (non-hydrogen) atoms. The molecule has 0 saturated carbocycles. The summed E-state index contributed by atoms with van der Waals surface area (Å²) >= 11 is 0. The molecule has 1 heterocycles. The van der Waals surface area contributed by atoms with Gasteiger partial charge in [0.2, 0.25) is 0 Å². The minimum Gasteiger partial charge on any atom is -0.382 e. The van der Waals surface area contributed by atoms with Gasteiger partial charge in [0.1, 0.15) is 0 Å². The molecule has 0 unspecified atom stereocenters. The Kier molecular flexibility index (Phi) is 20.6. The summed E-state index contributed by atoms with van der Waals surface area (Å²) in [5.74, 6) is 0. The molecule has 0 spiro atoms. The van der Waals surface area contributed by atoms with Crippen LogP contribution in [0, 0.1) is 13.8 Å². The molecule has 0 amide bonds. The molecule has 1 aromatic heterocycles. The molecule has 504 valence electrons. The highest BCUT2D eigenvalue weighted by molar-refractivity contribution is 6.10. The van der Waals surface area contributed by atoms with Crippen molar-refractivity contribution in [1.82, 2.24) is 4.57 Å². The van der Waals surface area contributed by atoms with Crippen LogP contribution in [-0.2, 0) is 48.7 Å². The molecule has 0 saturated heterocycles. The van der Waals surface area contributed by atoms with Gasteiger partial charge in [-0.2, -0.15) is 0 Å². The number of hydrogen-bond donors (Lipinski definition) is 0. The number of aryl methyl sites for hydroxylation is 2. The van der Waals surface area contributed by atoms with Crippen molar-refractivity contribution in [2.45, 2.75) is 50.4 Å². The van der Waals surface area contributed by atoms with Gasteiger partial charge in [0, 0.05) is 116 Å². The van der Waals surface area contributed by atoms with Crippen molar-refractivity contribution in [3.05, 3.63) is 270 Å². The minimum absolute atomic E-state index is 0.423. The molecule has 0 bridgehead atoms. The second-order valence-corrected chi connectivity index (χ2v) is 26.3. The van der Waals surface area contributed by atoms with E-state index in [4.69, 9.17) is 37.9 Å². The van der Waals surface area contributed by atoms with E-state index in [1.807, 2.05) is 0 Å². The summed E-state index contributed by atoms with van der Waals surface area (Å²) in [6.45, 7) is 10.8. The molecular formula is C88H89N3O8. The van der Waals surface area contributed by atoms with Crippen LogP contribution in [0.15, 0.2) is 237 Å². The number of anilines is 6. The Morgan fingerprint density at radius 1 is 0.303 bits per heavy atom. The van der Waals surface area contributed by atoms with Crippen LogP contribution in [0.4, 0.5) is 34.1 Å². The van der Waals surface area contributed by atoms with Gasteiger partial charge in [-0.1, -0.05) is 151 Å². The quantitative estimate of drug-likeness (QED) is 0.0380. The van der Waals surface area contributed by atoms with E-state index in [-0.39, 0.29) is 0 Å². The first kappa shape index (κ1) is 67.0. The van der Waals surface area contributed by atoms with Crippen molar-refractivity contribution < 1.29 is 37.9 Å². The lowest BCUT2D eigenvalue weighted by Crippen LogP contribution is -2.30. The maximum atomic E-state index is 6.40. The zero-order chi connectivity index (χ0) is 67.7. The Labute approximate surface area is 583 Å². The van der Waals surface area contributed by atoms with Crippen molar-refractivity contribution in [2.75, 3.05) is 118 Å². The van der Waals surface area contributed by atoms with Crippen LogP contribution >= 0.6 is 0 Å². The van der Waals surface area contributed by atoms with Crippen molar-refractivity contribution in [1.29, 1.82) is 0 Å². The number of ether oxygens (including phenoxy) is 8. The number of fused-ring (bicyclic) bond motifs is 10. The Morgan fingerprint density at radius 2 is 0.717 bits per heavy atom. The molecule has 0 aliphatic heterocycles. The highest BCUT2D eigenvalue weighted by atomic mass is 16.5. The van der Waals surface area contributed by atoms with E-state index in [0.29, 0.717) is 79.3 Å². The minimum atomic E-state index is -0.423. The van der Waals surface area contributed by atoms with E-state index in [2.05, 4.69) is 265 Å². The highest BCUT2D eigenvalue weighted by Gasteiger charge is 2.45. The fourth-order valence-electron chi connectivity index (χ4n) is 15.6. The second-order valence-electron chi connectivity index (χ2n) is 26.3. The van der Waals surface area contributed by atoms with E-state index in [1.54, 1.807) is 28.4 Å². The third-order valence-electron chi connectivity index (χ3n) is 20.5. The maximum Gasteiger partial charge on any atom is 0.0700 e. The summed E-state index contributed by atoms with van der Waals surface area (Å²) in [4.78, 5) is 4.84. The van der Waals surface area contributed by atoms with E-state index in [9.17, 15) is 0 Å². The molecule has 0 fully saturated rings. The van der Waals surface area contributed by atoms with Crippen LogP contribution in [0.1, 0.15) is 59.1 Å². The van der Waals surface area contributed by atoms with Gasteiger partial charge in [0.15, 0.2) is 0 Å². The average Bonchev–Trinajstić information content (AvgIpc) is 1.58. The molecule has 12 aromatic rings. The largest absolute Gasteiger partial charge is 0.382 e. The fraction of sp³-hybridized carbons (Fsp3) is 0.273. The van der Waals surface area contributed by atoms with Crippen LogP contribution < -0.4 is 9.80 Å². The molecule has 14 rings (SSSR count). The summed E-state index contributed by atoms with van der Waals surface area (Å²) in [6.07, 6.45) is 3.05. The van der Waals surface area contributed by atoms with Crippen LogP contribution in [0.3, 0.4) is 0 Å². The normalized spacial score (nSPS) is 13.3. The molecule has 2 aliphatic carbocycles. The third-order valence-corrected chi connectivity index (χ3v) is 20.5. The number of aromatic nitrogens is 1. The van der Waals surface area contributed by atoms with Gasteiger partial charge in [0.05, 0.1) is 69.6 Å². The zero-order valence-corrected chi connectivity index (χ0v) is 57.9. The molecule has 11 heteroatoms.